The second-order valence-corrected chi connectivity index (χ2v) is 13.3. The first kappa shape index (κ1) is 33.2. The Balaban J connectivity index is 1.59. The highest BCUT2D eigenvalue weighted by atomic mass is 79.9. The van der Waals surface area contributed by atoms with Crippen molar-refractivity contribution in [2.75, 3.05) is 36.1 Å². The van der Waals surface area contributed by atoms with E-state index >= 15 is 0 Å². The van der Waals surface area contributed by atoms with Gasteiger partial charge in [-0.1, -0.05) is 51.8 Å². The van der Waals surface area contributed by atoms with Crippen LogP contribution >= 0.6 is 27.5 Å². The van der Waals surface area contributed by atoms with Crippen LogP contribution < -0.4 is 14.5 Å². The van der Waals surface area contributed by atoms with E-state index in [4.69, 9.17) is 21.1 Å². The fourth-order valence-electron chi connectivity index (χ4n) is 7.24. The molecule has 2 bridgehead atoms. The molecular weight excluding hydrogens is 662 g/mol. The minimum absolute atomic E-state index is 0.130. The fourth-order valence-corrected chi connectivity index (χ4v) is 8.51. The third kappa shape index (κ3) is 5.49. The Morgan fingerprint density at radius 3 is 2.44 bits per heavy atom. The number of fused-ring (bicyclic) bond motifs is 1. The molecule has 2 aromatic carbocycles. The number of hydrogen-bond acceptors (Lipinski definition) is 6. The molecule has 5 rings (SSSR count). The number of aliphatic hydroxyl groups excluding tert-OH is 1. The predicted octanol–water partition coefficient (Wildman–Crippen LogP) is 4.91. The molecule has 1 spiro atoms. The summed E-state index contributed by atoms with van der Waals surface area (Å²) in [5, 5.41) is 10.7. The van der Waals surface area contributed by atoms with Crippen LogP contribution in [0.4, 0.5) is 11.4 Å². The molecule has 3 aliphatic heterocycles. The van der Waals surface area contributed by atoms with Gasteiger partial charge in [-0.3, -0.25) is 14.4 Å². The maximum Gasteiger partial charge on any atom is 0.253 e. The summed E-state index contributed by atoms with van der Waals surface area (Å²) in [6, 6.07) is 10.7. The number of rotatable bonds is 12. The van der Waals surface area contributed by atoms with Gasteiger partial charge in [0.25, 0.3) is 5.91 Å². The van der Waals surface area contributed by atoms with E-state index in [0.717, 1.165) is 5.56 Å². The van der Waals surface area contributed by atoms with Gasteiger partial charge in [-0.15, -0.1) is 13.2 Å². The molecule has 0 aliphatic carbocycles. The largest absolute Gasteiger partial charge is 0.494 e. The lowest BCUT2D eigenvalue weighted by molar-refractivity contribution is -0.143. The zero-order valence-corrected chi connectivity index (χ0v) is 28.0. The quantitative estimate of drug-likeness (QED) is 0.250. The van der Waals surface area contributed by atoms with Gasteiger partial charge in [0.1, 0.15) is 17.4 Å². The zero-order chi connectivity index (χ0) is 32.6. The Bertz CT molecular complexity index is 1470. The Hall–Kier alpha value is -3.18. The highest BCUT2D eigenvalue weighted by Gasteiger charge is 2.77. The van der Waals surface area contributed by atoms with Crippen LogP contribution in [0.15, 0.2) is 67.8 Å². The molecule has 240 valence electrons. The van der Waals surface area contributed by atoms with Gasteiger partial charge < -0.3 is 29.3 Å². The third-order valence-electron chi connectivity index (χ3n) is 9.06. The van der Waals surface area contributed by atoms with E-state index in [1.165, 1.54) is 9.80 Å². The van der Waals surface area contributed by atoms with E-state index in [-0.39, 0.29) is 30.4 Å². The molecule has 1 N–H and O–H groups in total. The number of carbonyl (C=O) groups is 3. The van der Waals surface area contributed by atoms with Gasteiger partial charge in [0, 0.05) is 23.6 Å². The summed E-state index contributed by atoms with van der Waals surface area (Å²) < 4.78 is 12.3. The topological polar surface area (TPSA) is 99.6 Å². The van der Waals surface area contributed by atoms with Gasteiger partial charge in [-0.05, 0) is 63.1 Å². The SMILES string of the molecule is C=CCN(C(=O)[C@H]1[C@@H]2OC3(CC2Br)C(C(=O)N(CC=C)c2c(C)cccc2Cl)N([C@H](C)CO)C(=O)[C@H]13)c1ccc(OCC)cc1. The molecule has 0 radical (unpaired) electrons. The van der Waals surface area contributed by atoms with E-state index in [1.54, 1.807) is 60.4 Å². The van der Waals surface area contributed by atoms with Crippen molar-refractivity contribution in [1.82, 2.24) is 4.90 Å². The molecule has 3 amide bonds. The molecule has 3 heterocycles. The molecule has 7 atom stereocenters. The molecule has 0 saturated carbocycles. The molecule has 45 heavy (non-hydrogen) atoms. The summed E-state index contributed by atoms with van der Waals surface area (Å²) in [4.78, 5) is 48.1. The summed E-state index contributed by atoms with van der Waals surface area (Å²) in [6.07, 6.45) is 2.91. The van der Waals surface area contributed by atoms with Gasteiger partial charge in [0.2, 0.25) is 11.8 Å². The lowest BCUT2D eigenvalue weighted by Crippen LogP contribution is -2.59. The average molecular weight is 701 g/mol. The molecule has 2 aromatic rings. The van der Waals surface area contributed by atoms with Crippen molar-refractivity contribution in [3.05, 3.63) is 78.4 Å². The van der Waals surface area contributed by atoms with Crippen LogP contribution in [0.5, 0.6) is 5.75 Å². The first-order valence-corrected chi connectivity index (χ1v) is 16.4. The number of benzene rings is 2. The number of amides is 3. The van der Waals surface area contributed by atoms with Crippen LogP contribution in [0.25, 0.3) is 0 Å². The van der Waals surface area contributed by atoms with E-state index in [2.05, 4.69) is 29.1 Å². The normalized spacial score (nSPS) is 27.2. The number of carbonyl (C=O) groups excluding carboxylic acids is 3. The molecule has 3 unspecified atom stereocenters. The number of aryl methyl sites for hydroxylation is 1. The average Bonchev–Trinajstić information content (AvgIpc) is 3.62. The number of nitrogens with zero attached hydrogens (tertiary/aromatic N) is 3. The second kappa shape index (κ2) is 13.3. The smallest absolute Gasteiger partial charge is 0.253 e. The zero-order valence-electron chi connectivity index (χ0n) is 25.7. The highest BCUT2D eigenvalue weighted by Crippen LogP contribution is 2.61. The van der Waals surface area contributed by atoms with Crippen LogP contribution in [-0.4, -0.2) is 82.6 Å². The van der Waals surface area contributed by atoms with Crippen molar-refractivity contribution in [2.24, 2.45) is 11.8 Å². The number of halogens is 2. The second-order valence-electron chi connectivity index (χ2n) is 11.7. The van der Waals surface area contributed by atoms with Gasteiger partial charge in [-0.2, -0.15) is 0 Å². The molecule has 3 fully saturated rings. The van der Waals surface area contributed by atoms with Crippen molar-refractivity contribution >= 4 is 56.6 Å². The van der Waals surface area contributed by atoms with Crippen molar-refractivity contribution in [1.29, 1.82) is 0 Å². The Morgan fingerprint density at radius 2 is 1.84 bits per heavy atom. The third-order valence-corrected chi connectivity index (χ3v) is 10.2. The molecule has 3 aliphatic rings. The maximum absolute atomic E-state index is 14.8. The minimum atomic E-state index is -1.32. The van der Waals surface area contributed by atoms with Crippen molar-refractivity contribution in [3.63, 3.8) is 0 Å². The van der Waals surface area contributed by atoms with Crippen LogP contribution in [0.2, 0.25) is 5.02 Å². The minimum Gasteiger partial charge on any atom is -0.494 e. The summed E-state index contributed by atoms with van der Waals surface area (Å²) in [5.74, 6) is -2.26. The molecule has 9 nitrogen and oxygen atoms in total. The molecule has 0 aromatic heterocycles. The number of anilines is 2. The Labute approximate surface area is 277 Å². The van der Waals surface area contributed by atoms with E-state index in [0.29, 0.717) is 35.2 Å². The van der Waals surface area contributed by atoms with Crippen LogP contribution in [0.3, 0.4) is 0 Å². The van der Waals surface area contributed by atoms with E-state index in [9.17, 15) is 19.5 Å². The van der Waals surface area contributed by atoms with Crippen LogP contribution in [0, 0.1) is 18.8 Å². The highest BCUT2D eigenvalue weighted by molar-refractivity contribution is 9.09. The van der Waals surface area contributed by atoms with Crippen LogP contribution in [-0.2, 0) is 19.1 Å². The number of likely N-dealkylation sites (tertiary alicyclic amines) is 1. The molecule has 3 saturated heterocycles. The Kier molecular flexibility index (Phi) is 9.79. The Morgan fingerprint density at radius 1 is 1.18 bits per heavy atom. The number of alkyl halides is 1. The summed E-state index contributed by atoms with van der Waals surface area (Å²) in [7, 11) is 0. The molecule has 11 heteroatoms. The first-order chi connectivity index (χ1) is 21.6. The number of hydrogen-bond donors (Lipinski definition) is 1. The van der Waals surface area contributed by atoms with Gasteiger partial charge >= 0.3 is 0 Å². The van der Waals surface area contributed by atoms with Gasteiger partial charge in [0.05, 0.1) is 47.9 Å². The standard InChI is InChI=1S/C34H39BrClN3O6/c1-6-16-37(22-12-14-23(15-13-22)44-8-3)31(41)26-27-32(42)39(21(5)19-40)30(34(27)18-24(35)29(26)45-34)33(43)38(17-7-2)28-20(4)10-9-11-25(28)36/h6-7,9-15,21,24,26-27,29-30,40H,1-2,8,16-19H2,3-5H3/t21-,24?,26-,27+,29-,30?,34?/m1/s1. The predicted molar refractivity (Wildman–Crippen MR) is 178 cm³/mol. The summed E-state index contributed by atoms with van der Waals surface area (Å²) in [6.45, 7) is 13.6. The first-order valence-electron chi connectivity index (χ1n) is 15.1. The number of ether oxygens (including phenoxy) is 2. The van der Waals surface area contributed by atoms with Gasteiger partial charge in [-0.25, -0.2) is 0 Å². The van der Waals surface area contributed by atoms with Crippen LogP contribution in [0.1, 0.15) is 25.8 Å². The number of aliphatic hydroxyl groups is 1. The van der Waals surface area contributed by atoms with Gasteiger partial charge in [0.15, 0.2) is 0 Å². The summed E-state index contributed by atoms with van der Waals surface area (Å²) in [5.41, 5.74) is 0.591. The van der Waals surface area contributed by atoms with E-state index < -0.39 is 47.4 Å². The van der Waals surface area contributed by atoms with Crippen molar-refractivity contribution in [2.45, 2.75) is 55.8 Å². The van der Waals surface area contributed by atoms with E-state index in [1.807, 2.05) is 19.9 Å². The lowest BCUT2D eigenvalue weighted by Gasteiger charge is -2.39. The van der Waals surface area contributed by atoms with Crippen molar-refractivity contribution < 1.29 is 29.0 Å². The fraction of sp³-hybridized carbons (Fsp3) is 0.441. The molecular formula is C34H39BrClN3O6. The summed E-state index contributed by atoms with van der Waals surface area (Å²) >= 11 is 10.4. The monoisotopic (exact) mass is 699 g/mol. The maximum atomic E-state index is 14.8. The van der Waals surface area contributed by atoms with Crippen molar-refractivity contribution in [3.8, 4) is 5.75 Å². The number of para-hydroxylation sites is 1. The lowest BCUT2D eigenvalue weighted by atomic mass is 9.70.